The van der Waals surface area contributed by atoms with Crippen LogP contribution in [-0.2, 0) is 36.1 Å². The summed E-state index contributed by atoms with van der Waals surface area (Å²) in [5.74, 6) is 0.372. The molecule has 1 amide bonds. The van der Waals surface area contributed by atoms with Crippen LogP contribution in [0.15, 0.2) is 59.5 Å². The molecule has 10 nitrogen and oxygen atoms in total. The summed E-state index contributed by atoms with van der Waals surface area (Å²) in [6.07, 6.45) is 0.693. The molecular weight excluding hydrogens is 582 g/mol. The van der Waals surface area contributed by atoms with E-state index in [-0.39, 0.29) is 48.6 Å². The molecule has 2 saturated heterocycles. The summed E-state index contributed by atoms with van der Waals surface area (Å²) in [5, 5.41) is 24.0. The highest BCUT2D eigenvalue weighted by Gasteiger charge is 2.53. The average Bonchev–Trinajstić information content (AvgIpc) is 3.75. The Balaban J connectivity index is 1.19. The Morgan fingerprint density at radius 3 is 2.50 bits per heavy atom. The van der Waals surface area contributed by atoms with Gasteiger partial charge in [0, 0.05) is 24.9 Å². The van der Waals surface area contributed by atoms with Crippen molar-refractivity contribution < 1.29 is 32.5 Å². The zero-order valence-corrected chi connectivity index (χ0v) is 26.0. The van der Waals surface area contributed by atoms with Crippen LogP contribution in [0.1, 0.15) is 50.7 Å². The van der Waals surface area contributed by atoms with E-state index >= 15 is 0 Å². The topological polar surface area (TPSA) is 138 Å². The van der Waals surface area contributed by atoms with Crippen molar-refractivity contribution in [1.29, 1.82) is 5.26 Å². The van der Waals surface area contributed by atoms with Gasteiger partial charge >= 0.3 is 6.09 Å². The van der Waals surface area contributed by atoms with Crippen LogP contribution in [-0.4, -0.2) is 74.3 Å². The molecule has 2 heterocycles. The lowest BCUT2D eigenvalue weighted by Crippen LogP contribution is -2.53. The number of carbonyl (C=O) groups is 1. The van der Waals surface area contributed by atoms with Gasteiger partial charge in [-0.3, -0.25) is 0 Å². The van der Waals surface area contributed by atoms with Crippen molar-refractivity contribution in [3.05, 3.63) is 65.7 Å². The van der Waals surface area contributed by atoms with Gasteiger partial charge in [-0.25, -0.2) is 13.2 Å². The standard InChI is InChI=1S/C33H41N3O7S/c1-21(2)17-36(44(39,40)26-10-8-25(9-11-26)33(20-34)12-13-33)18-28(37)27(14-22-6-4-3-5-7-22)35-32(38)43-30-24-15-23-16-29(30)42-31(23)41-19-24/h3-11,21,23-24,27-31,37H,12-19H2,1-2H3,(H,35,38)/t23?,24?,27-,28+,29?,30?,31?/m0/s1. The molecule has 44 heavy (non-hydrogen) atoms. The number of aliphatic hydroxyl groups is 1. The molecule has 5 unspecified atom stereocenters. The van der Waals surface area contributed by atoms with E-state index in [4.69, 9.17) is 14.2 Å². The minimum Gasteiger partial charge on any atom is -0.443 e. The van der Waals surface area contributed by atoms with Gasteiger partial charge in [0.05, 0.1) is 41.2 Å². The first kappa shape index (κ1) is 31.0. The van der Waals surface area contributed by atoms with Gasteiger partial charge in [-0.15, -0.1) is 0 Å². The number of ether oxygens (including phenoxy) is 3. The predicted octanol–water partition coefficient (Wildman–Crippen LogP) is 3.74. The summed E-state index contributed by atoms with van der Waals surface area (Å²) in [6.45, 7) is 4.26. The van der Waals surface area contributed by atoms with E-state index in [9.17, 15) is 23.6 Å². The fourth-order valence-corrected chi connectivity index (χ4v) is 8.50. The SMILES string of the molecule is CC(C)CN(C[C@@H](O)[C@H](Cc1ccccc1)NC(=O)OC1C2COC3OC1CC3C2)S(=O)(=O)c1ccc(C2(C#N)CC2)cc1. The maximum atomic E-state index is 13.9. The molecule has 4 fully saturated rings. The van der Waals surface area contributed by atoms with Crippen LogP contribution in [0.2, 0.25) is 0 Å². The molecule has 0 spiro atoms. The Hall–Kier alpha value is -3.01. The highest BCUT2D eigenvalue weighted by molar-refractivity contribution is 7.89. The zero-order valence-electron chi connectivity index (χ0n) is 25.2. The van der Waals surface area contributed by atoms with Crippen LogP contribution in [0.3, 0.4) is 0 Å². The van der Waals surface area contributed by atoms with Crippen molar-refractivity contribution in [3.63, 3.8) is 0 Å². The van der Waals surface area contributed by atoms with Gasteiger partial charge in [-0.1, -0.05) is 56.3 Å². The number of nitriles is 1. The first-order valence-electron chi connectivity index (χ1n) is 15.6. The lowest BCUT2D eigenvalue weighted by atomic mass is 9.78. The quantitative estimate of drug-likeness (QED) is 0.365. The molecule has 0 radical (unpaired) electrons. The molecule has 3 bridgehead atoms. The lowest BCUT2D eigenvalue weighted by molar-refractivity contribution is -0.153. The number of carbonyl (C=O) groups excluding carboxylic acids is 1. The summed E-state index contributed by atoms with van der Waals surface area (Å²) in [5.41, 5.74) is 1.18. The number of nitrogens with one attached hydrogen (secondary N) is 1. The molecule has 6 rings (SSSR count). The van der Waals surface area contributed by atoms with Gasteiger partial charge in [0.2, 0.25) is 10.0 Å². The number of alkyl carbamates (subject to hydrolysis) is 1. The Kier molecular flexibility index (Phi) is 8.74. The molecule has 7 atom stereocenters. The lowest BCUT2D eigenvalue weighted by Gasteiger charge is -2.37. The molecule has 2 aliphatic heterocycles. The third-order valence-electron chi connectivity index (χ3n) is 9.42. The van der Waals surface area contributed by atoms with Crippen LogP contribution in [0, 0.1) is 29.1 Å². The zero-order chi connectivity index (χ0) is 31.1. The van der Waals surface area contributed by atoms with Crippen molar-refractivity contribution in [2.24, 2.45) is 17.8 Å². The number of aliphatic hydroxyl groups excluding tert-OH is 1. The second-order valence-electron chi connectivity index (χ2n) is 13.2. The molecule has 4 aliphatic rings. The number of rotatable bonds is 12. The van der Waals surface area contributed by atoms with E-state index in [1.807, 2.05) is 44.2 Å². The number of sulfonamides is 1. The van der Waals surface area contributed by atoms with E-state index < -0.39 is 39.8 Å². The first-order valence-corrected chi connectivity index (χ1v) is 17.0. The molecular formula is C33H41N3O7S. The predicted molar refractivity (Wildman–Crippen MR) is 161 cm³/mol. The van der Waals surface area contributed by atoms with Gasteiger partial charge < -0.3 is 24.6 Å². The summed E-state index contributed by atoms with van der Waals surface area (Å²) in [7, 11) is -3.99. The fourth-order valence-electron chi connectivity index (χ4n) is 6.88. The largest absolute Gasteiger partial charge is 0.443 e. The Morgan fingerprint density at radius 2 is 1.84 bits per heavy atom. The highest BCUT2D eigenvalue weighted by atomic mass is 32.2. The molecule has 2 aromatic carbocycles. The fraction of sp³-hybridized carbons (Fsp3) is 0.576. The minimum absolute atomic E-state index is 0.0194. The number of fused-ring (bicyclic) bond motifs is 2. The van der Waals surface area contributed by atoms with Gasteiger partial charge in [-0.05, 0) is 61.3 Å². The molecule has 2 saturated carbocycles. The van der Waals surface area contributed by atoms with Gasteiger partial charge in [0.15, 0.2) is 6.29 Å². The summed E-state index contributed by atoms with van der Waals surface area (Å²) in [6, 6.07) is 17.4. The van der Waals surface area contributed by atoms with E-state index in [1.54, 1.807) is 12.1 Å². The van der Waals surface area contributed by atoms with Crippen molar-refractivity contribution in [3.8, 4) is 6.07 Å². The number of benzene rings is 2. The third-order valence-corrected chi connectivity index (χ3v) is 11.3. The van der Waals surface area contributed by atoms with Crippen LogP contribution >= 0.6 is 0 Å². The number of hydrogen-bond acceptors (Lipinski definition) is 8. The van der Waals surface area contributed by atoms with Crippen molar-refractivity contribution >= 4 is 16.1 Å². The van der Waals surface area contributed by atoms with E-state index in [2.05, 4.69) is 11.4 Å². The maximum absolute atomic E-state index is 13.9. The normalized spacial score (nSPS) is 28.0. The van der Waals surface area contributed by atoms with Gasteiger partial charge in [0.25, 0.3) is 0 Å². The van der Waals surface area contributed by atoms with Crippen LogP contribution in [0.25, 0.3) is 0 Å². The van der Waals surface area contributed by atoms with Crippen LogP contribution < -0.4 is 5.32 Å². The van der Waals surface area contributed by atoms with Crippen LogP contribution in [0.4, 0.5) is 4.79 Å². The second kappa shape index (κ2) is 12.4. The number of nitrogens with zero attached hydrogens (tertiary/aromatic N) is 2. The van der Waals surface area contributed by atoms with E-state index in [0.29, 0.717) is 12.5 Å². The van der Waals surface area contributed by atoms with E-state index in [0.717, 1.165) is 36.8 Å². The molecule has 11 heteroatoms. The second-order valence-corrected chi connectivity index (χ2v) is 15.1. The van der Waals surface area contributed by atoms with E-state index in [1.165, 1.54) is 16.4 Å². The Bertz CT molecular complexity index is 1460. The summed E-state index contributed by atoms with van der Waals surface area (Å²) >= 11 is 0. The Morgan fingerprint density at radius 1 is 1.11 bits per heavy atom. The molecule has 2 N–H and O–H groups in total. The third kappa shape index (κ3) is 6.37. The molecule has 2 aliphatic carbocycles. The molecule has 0 aromatic heterocycles. The van der Waals surface area contributed by atoms with Gasteiger partial charge in [0.1, 0.15) is 6.10 Å². The van der Waals surface area contributed by atoms with Crippen LogP contribution in [0.5, 0.6) is 0 Å². The smallest absolute Gasteiger partial charge is 0.407 e. The molecule has 2 aromatic rings. The Labute approximate surface area is 259 Å². The molecule has 236 valence electrons. The van der Waals surface area contributed by atoms with Crippen molar-refractivity contribution in [1.82, 2.24) is 9.62 Å². The van der Waals surface area contributed by atoms with Gasteiger partial charge in [-0.2, -0.15) is 9.57 Å². The minimum atomic E-state index is -3.99. The average molecular weight is 624 g/mol. The number of amides is 1. The number of hydrogen-bond donors (Lipinski definition) is 2. The first-order chi connectivity index (χ1) is 21.1. The summed E-state index contributed by atoms with van der Waals surface area (Å²) < 4.78 is 46.7. The van der Waals surface area contributed by atoms with Crippen molar-refractivity contribution in [2.45, 2.75) is 86.9 Å². The monoisotopic (exact) mass is 623 g/mol. The maximum Gasteiger partial charge on any atom is 0.407 e. The highest BCUT2D eigenvalue weighted by Crippen LogP contribution is 2.48. The van der Waals surface area contributed by atoms with Crippen molar-refractivity contribution in [2.75, 3.05) is 19.7 Å². The summed E-state index contributed by atoms with van der Waals surface area (Å²) in [4.78, 5) is 13.4.